The summed E-state index contributed by atoms with van der Waals surface area (Å²) in [7, 11) is -3.08. The Kier molecular flexibility index (Phi) is 4.32. The molecule has 0 aliphatic rings. The van der Waals surface area contributed by atoms with Gasteiger partial charge >= 0.3 is 5.97 Å². The van der Waals surface area contributed by atoms with Gasteiger partial charge in [-0.15, -0.1) is 0 Å². The Balaban J connectivity index is 2.48. The summed E-state index contributed by atoms with van der Waals surface area (Å²) in [6.07, 6.45) is 0.656. The van der Waals surface area contributed by atoms with Gasteiger partial charge in [0.2, 0.25) is 0 Å². The number of hydrogen-bond donors (Lipinski definition) is 1. The molecule has 0 saturated heterocycles. The molecule has 0 aliphatic heterocycles. The maximum atomic E-state index is 11.7. The molecule has 1 heterocycles. The zero-order chi connectivity index (χ0) is 15.6. The third-order valence-corrected chi connectivity index (χ3v) is 5.14. The molecule has 0 bridgehead atoms. The average Bonchev–Trinajstić information content (AvgIpc) is 2.82. The SMILES string of the molecule is CCc1nc2ccc(C(=O)O)cc2n1CCS(=O)(=O)CC. The second-order valence-electron chi connectivity index (χ2n) is 4.78. The fraction of sp³-hybridized carbons (Fsp3) is 0.429. The number of benzene rings is 1. The number of imidazole rings is 1. The van der Waals surface area contributed by atoms with Crippen molar-refractivity contribution in [1.29, 1.82) is 0 Å². The van der Waals surface area contributed by atoms with E-state index >= 15 is 0 Å². The second kappa shape index (κ2) is 5.85. The summed E-state index contributed by atoms with van der Waals surface area (Å²) < 4.78 is 25.2. The van der Waals surface area contributed by atoms with E-state index < -0.39 is 15.8 Å². The number of nitrogens with zero attached hydrogens (tertiary/aromatic N) is 2. The van der Waals surface area contributed by atoms with Gasteiger partial charge < -0.3 is 9.67 Å². The lowest BCUT2D eigenvalue weighted by Gasteiger charge is -2.08. The van der Waals surface area contributed by atoms with E-state index in [0.717, 1.165) is 5.82 Å². The molecular weight excluding hydrogens is 292 g/mol. The van der Waals surface area contributed by atoms with Gasteiger partial charge in [0.25, 0.3) is 0 Å². The van der Waals surface area contributed by atoms with Crippen LogP contribution in [0.15, 0.2) is 18.2 Å². The van der Waals surface area contributed by atoms with Crippen molar-refractivity contribution < 1.29 is 18.3 Å². The summed E-state index contributed by atoms with van der Waals surface area (Å²) >= 11 is 0. The summed E-state index contributed by atoms with van der Waals surface area (Å²) in [6, 6.07) is 4.70. The molecular formula is C14H18N2O4S. The first-order valence-electron chi connectivity index (χ1n) is 6.80. The highest BCUT2D eigenvalue weighted by molar-refractivity contribution is 7.91. The van der Waals surface area contributed by atoms with Gasteiger partial charge in [-0.05, 0) is 18.2 Å². The lowest BCUT2D eigenvalue weighted by Crippen LogP contribution is -2.16. The van der Waals surface area contributed by atoms with Crippen LogP contribution in [0.3, 0.4) is 0 Å². The second-order valence-corrected chi connectivity index (χ2v) is 7.25. The van der Waals surface area contributed by atoms with E-state index in [0.29, 0.717) is 24.0 Å². The topological polar surface area (TPSA) is 89.3 Å². The number of hydrogen-bond acceptors (Lipinski definition) is 4. The number of carboxylic acid groups (broad SMARTS) is 1. The summed E-state index contributed by atoms with van der Waals surface area (Å²) in [5, 5.41) is 9.07. The van der Waals surface area contributed by atoms with E-state index in [-0.39, 0.29) is 17.1 Å². The van der Waals surface area contributed by atoms with E-state index in [1.165, 1.54) is 6.07 Å². The molecule has 0 radical (unpaired) electrons. The Morgan fingerprint density at radius 2 is 2.05 bits per heavy atom. The van der Waals surface area contributed by atoms with Crippen molar-refractivity contribution in [3.05, 3.63) is 29.6 Å². The Morgan fingerprint density at radius 1 is 1.33 bits per heavy atom. The molecule has 21 heavy (non-hydrogen) atoms. The third kappa shape index (κ3) is 3.24. The van der Waals surface area contributed by atoms with Crippen molar-refractivity contribution >= 4 is 26.8 Å². The largest absolute Gasteiger partial charge is 0.478 e. The lowest BCUT2D eigenvalue weighted by molar-refractivity contribution is 0.0697. The predicted molar refractivity (Wildman–Crippen MR) is 80.4 cm³/mol. The van der Waals surface area contributed by atoms with Crippen LogP contribution >= 0.6 is 0 Å². The summed E-state index contributed by atoms with van der Waals surface area (Å²) in [5.41, 5.74) is 1.52. The van der Waals surface area contributed by atoms with Crippen molar-refractivity contribution in [3.8, 4) is 0 Å². The average molecular weight is 310 g/mol. The number of aromatic nitrogens is 2. The molecule has 7 heteroatoms. The molecule has 114 valence electrons. The van der Waals surface area contributed by atoms with Crippen molar-refractivity contribution in [2.24, 2.45) is 0 Å². The van der Waals surface area contributed by atoms with Gasteiger partial charge in [-0.1, -0.05) is 13.8 Å². The van der Waals surface area contributed by atoms with Gasteiger partial charge in [-0.3, -0.25) is 0 Å². The Labute approximate surface area is 123 Å². The maximum Gasteiger partial charge on any atom is 0.335 e. The zero-order valence-corrected chi connectivity index (χ0v) is 12.9. The van der Waals surface area contributed by atoms with E-state index in [1.807, 2.05) is 6.92 Å². The van der Waals surface area contributed by atoms with Crippen molar-refractivity contribution in [2.45, 2.75) is 26.8 Å². The molecule has 0 spiro atoms. The van der Waals surface area contributed by atoms with Crippen LogP contribution in [0, 0.1) is 0 Å². The number of carboxylic acids is 1. The molecule has 0 saturated carbocycles. The molecule has 0 unspecified atom stereocenters. The monoisotopic (exact) mass is 310 g/mol. The third-order valence-electron chi connectivity index (χ3n) is 3.46. The normalized spacial score (nSPS) is 11.9. The first-order valence-corrected chi connectivity index (χ1v) is 8.63. The van der Waals surface area contributed by atoms with E-state index in [1.54, 1.807) is 23.6 Å². The number of fused-ring (bicyclic) bond motifs is 1. The van der Waals surface area contributed by atoms with Crippen LogP contribution in [-0.2, 0) is 22.8 Å². The lowest BCUT2D eigenvalue weighted by atomic mass is 10.2. The van der Waals surface area contributed by atoms with Gasteiger partial charge in [0.1, 0.15) is 5.82 Å². The summed E-state index contributed by atoms with van der Waals surface area (Å²) in [5.74, 6) is -0.122. The highest BCUT2D eigenvalue weighted by Gasteiger charge is 2.15. The Bertz CT molecular complexity index is 778. The molecule has 0 aliphatic carbocycles. The molecule has 2 aromatic rings. The molecule has 2 rings (SSSR count). The minimum atomic E-state index is -3.08. The number of sulfone groups is 1. The summed E-state index contributed by atoms with van der Waals surface area (Å²) in [4.78, 5) is 15.5. The van der Waals surface area contributed by atoms with Crippen LogP contribution in [0.1, 0.15) is 30.0 Å². The van der Waals surface area contributed by atoms with E-state index in [4.69, 9.17) is 5.11 Å². The van der Waals surface area contributed by atoms with E-state index in [2.05, 4.69) is 4.98 Å². The molecule has 1 N–H and O–H groups in total. The minimum absolute atomic E-state index is 0.0270. The molecule has 1 aromatic heterocycles. The van der Waals surface area contributed by atoms with Crippen molar-refractivity contribution in [1.82, 2.24) is 9.55 Å². The van der Waals surface area contributed by atoms with Crippen LogP contribution in [-0.4, -0.2) is 40.6 Å². The zero-order valence-electron chi connectivity index (χ0n) is 12.0. The molecule has 0 atom stereocenters. The van der Waals surface area contributed by atoms with Crippen LogP contribution in [0.2, 0.25) is 0 Å². The quantitative estimate of drug-likeness (QED) is 0.877. The molecule has 0 fully saturated rings. The first kappa shape index (κ1) is 15.5. The summed E-state index contributed by atoms with van der Waals surface area (Å²) in [6.45, 7) is 3.84. The first-order chi connectivity index (χ1) is 9.88. The highest BCUT2D eigenvalue weighted by atomic mass is 32.2. The number of aryl methyl sites for hydroxylation is 2. The van der Waals surface area contributed by atoms with Gasteiger partial charge in [-0.2, -0.15) is 0 Å². The van der Waals surface area contributed by atoms with Crippen LogP contribution < -0.4 is 0 Å². The van der Waals surface area contributed by atoms with Crippen LogP contribution in [0.4, 0.5) is 0 Å². The Morgan fingerprint density at radius 3 is 2.62 bits per heavy atom. The van der Waals surface area contributed by atoms with E-state index in [9.17, 15) is 13.2 Å². The number of carbonyl (C=O) groups is 1. The smallest absolute Gasteiger partial charge is 0.335 e. The van der Waals surface area contributed by atoms with Crippen LogP contribution in [0.25, 0.3) is 11.0 Å². The molecule has 6 nitrogen and oxygen atoms in total. The predicted octanol–water partition coefficient (Wildman–Crippen LogP) is 1.73. The highest BCUT2D eigenvalue weighted by Crippen LogP contribution is 2.19. The maximum absolute atomic E-state index is 11.7. The molecule has 0 amide bonds. The number of aromatic carboxylic acids is 1. The standard InChI is InChI=1S/C14H18N2O4S/c1-3-13-15-11-6-5-10(14(17)18)9-12(11)16(13)7-8-21(19,20)4-2/h5-6,9H,3-4,7-8H2,1-2H3,(H,17,18). The van der Waals surface area contributed by atoms with Gasteiger partial charge in [0.05, 0.1) is 22.3 Å². The Hall–Kier alpha value is -1.89. The van der Waals surface area contributed by atoms with Gasteiger partial charge in [-0.25, -0.2) is 18.2 Å². The minimum Gasteiger partial charge on any atom is -0.478 e. The van der Waals surface area contributed by atoms with Crippen LogP contribution in [0.5, 0.6) is 0 Å². The fourth-order valence-corrected chi connectivity index (χ4v) is 2.95. The van der Waals surface area contributed by atoms with Crippen molar-refractivity contribution in [3.63, 3.8) is 0 Å². The van der Waals surface area contributed by atoms with Crippen molar-refractivity contribution in [2.75, 3.05) is 11.5 Å². The number of rotatable bonds is 6. The fourth-order valence-electron chi connectivity index (χ4n) is 2.20. The van der Waals surface area contributed by atoms with Gasteiger partial charge in [0, 0.05) is 18.7 Å². The van der Waals surface area contributed by atoms with Gasteiger partial charge in [0.15, 0.2) is 9.84 Å². The molecule has 1 aromatic carbocycles.